The van der Waals surface area contributed by atoms with E-state index in [4.69, 9.17) is 11.6 Å². The van der Waals surface area contributed by atoms with Crippen LogP contribution in [0.15, 0.2) is 0 Å². The van der Waals surface area contributed by atoms with Crippen LogP contribution >= 0.6 is 23.4 Å². The highest BCUT2D eigenvalue weighted by Crippen LogP contribution is 2.33. The molecule has 0 aromatic rings. The third-order valence-electron chi connectivity index (χ3n) is 3.35. The standard InChI is InChI=1S/C11H19ClF3NS/c1-9-2-4-10(8-12,5-3-9)16-6-7-17-11(13,14)15/h9,16H,2-8H2,1H3. The van der Waals surface area contributed by atoms with E-state index in [1.165, 1.54) is 0 Å². The first-order valence-corrected chi connectivity index (χ1v) is 7.41. The third kappa shape index (κ3) is 5.71. The molecule has 0 aliphatic heterocycles. The molecule has 6 heteroatoms. The second-order valence-corrected chi connectivity index (χ2v) is 6.24. The summed E-state index contributed by atoms with van der Waals surface area (Å²) in [6, 6.07) is 0. The van der Waals surface area contributed by atoms with Gasteiger partial charge in [0.05, 0.1) is 0 Å². The Labute approximate surface area is 110 Å². The van der Waals surface area contributed by atoms with Gasteiger partial charge in [-0.25, -0.2) is 0 Å². The number of nitrogens with one attached hydrogen (secondary N) is 1. The molecule has 102 valence electrons. The zero-order chi connectivity index (χ0) is 12.9. The van der Waals surface area contributed by atoms with Gasteiger partial charge >= 0.3 is 5.51 Å². The average Bonchev–Trinajstić information content (AvgIpc) is 2.26. The van der Waals surface area contributed by atoms with E-state index in [1.54, 1.807) is 0 Å². The summed E-state index contributed by atoms with van der Waals surface area (Å²) in [5, 5.41) is 3.23. The lowest BCUT2D eigenvalue weighted by Gasteiger charge is -2.39. The Kier molecular flexibility index (Phi) is 5.93. The molecule has 0 saturated heterocycles. The van der Waals surface area contributed by atoms with Gasteiger partial charge < -0.3 is 5.32 Å². The van der Waals surface area contributed by atoms with Crippen LogP contribution in [0.5, 0.6) is 0 Å². The molecule has 1 N–H and O–H groups in total. The summed E-state index contributed by atoms with van der Waals surface area (Å²) >= 11 is 5.99. The van der Waals surface area contributed by atoms with Gasteiger partial charge in [0.1, 0.15) is 0 Å². The van der Waals surface area contributed by atoms with Gasteiger partial charge in [-0.05, 0) is 43.4 Å². The molecule has 0 heterocycles. The Bertz CT molecular complexity index is 227. The topological polar surface area (TPSA) is 12.0 Å². The molecule has 0 bridgehead atoms. The maximum atomic E-state index is 12.0. The molecule has 0 aromatic heterocycles. The normalized spacial score (nSPS) is 30.5. The monoisotopic (exact) mass is 289 g/mol. The molecule has 0 atom stereocenters. The van der Waals surface area contributed by atoms with Crippen LogP contribution in [0.25, 0.3) is 0 Å². The number of hydrogen-bond acceptors (Lipinski definition) is 2. The van der Waals surface area contributed by atoms with Crippen LogP contribution < -0.4 is 5.32 Å². The number of halogens is 4. The molecular weight excluding hydrogens is 271 g/mol. The molecule has 1 fully saturated rings. The van der Waals surface area contributed by atoms with Crippen molar-refractivity contribution in [3.05, 3.63) is 0 Å². The van der Waals surface area contributed by atoms with Crippen molar-refractivity contribution in [1.29, 1.82) is 0 Å². The minimum absolute atomic E-state index is 0.0263. The molecular formula is C11H19ClF3NS. The van der Waals surface area contributed by atoms with Gasteiger partial charge in [0, 0.05) is 23.7 Å². The molecule has 0 spiro atoms. The predicted octanol–water partition coefficient (Wildman–Crippen LogP) is 4.02. The Hall–Kier alpha value is 0.390. The molecule has 0 radical (unpaired) electrons. The molecule has 1 aliphatic carbocycles. The quantitative estimate of drug-likeness (QED) is 0.606. The minimum Gasteiger partial charge on any atom is -0.309 e. The molecule has 1 rings (SSSR count). The zero-order valence-electron chi connectivity index (χ0n) is 9.95. The van der Waals surface area contributed by atoms with E-state index in [1.807, 2.05) is 0 Å². The Morgan fingerprint density at radius 2 is 1.94 bits per heavy atom. The van der Waals surface area contributed by atoms with Gasteiger partial charge in [0.2, 0.25) is 0 Å². The van der Waals surface area contributed by atoms with E-state index in [-0.39, 0.29) is 23.1 Å². The Balaban J connectivity index is 2.27. The molecule has 0 unspecified atom stereocenters. The first-order chi connectivity index (χ1) is 7.87. The fourth-order valence-corrected chi connectivity index (χ4v) is 2.95. The fourth-order valence-electron chi connectivity index (χ4n) is 2.16. The van der Waals surface area contributed by atoms with Gasteiger partial charge in [-0.2, -0.15) is 13.2 Å². The predicted molar refractivity (Wildman–Crippen MR) is 67.6 cm³/mol. The summed E-state index contributed by atoms with van der Waals surface area (Å²) in [6.45, 7) is 2.57. The highest BCUT2D eigenvalue weighted by atomic mass is 35.5. The molecule has 0 amide bonds. The summed E-state index contributed by atoms with van der Waals surface area (Å²) in [5.74, 6) is 1.24. The van der Waals surface area contributed by atoms with Gasteiger partial charge in [0.25, 0.3) is 0 Å². The van der Waals surface area contributed by atoms with E-state index in [0.717, 1.165) is 25.7 Å². The van der Waals surface area contributed by atoms with Crippen molar-refractivity contribution >= 4 is 23.4 Å². The summed E-state index contributed by atoms with van der Waals surface area (Å²) in [6.07, 6.45) is 4.14. The molecule has 1 saturated carbocycles. The lowest BCUT2D eigenvalue weighted by atomic mass is 9.78. The average molecular weight is 290 g/mol. The van der Waals surface area contributed by atoms with Gasteiger partial charge in [-0.15, -0.1) is 11.6 Å². The molecule has 0 aromatic carbocycles. The van der Waals surface area contributed by atoms with Crippen molar-refractivity contribution in [2.75, 3.05) is 18.2 Å². The Morgan fingerprint density at radius 1 is 1.35 bits per heavy atom. The maximum absolute atomic E-state index is 12.0. The van der Waals surface area contributed by atoms with Gasteiger partial charge in [-0.3, -0.25) is 0 Å². The van der Waals surface area contributed by atoms with Gasteiger partial charge in [-0.1, -0.05) is 6.92 Å². The summed E-state index contributed by atoms with van der Waals surface area (Å²) < 4.78 is 35.9. The van der Waals surface area contributed by atoms with E-state index < -0.39 is 5.51 Å². The summed E-state index contributed by atoms with van der Waals surface area (Å²) in [5.41, 5.74) is -4.27. The van der Waals surface area contributed by atoms with Crippen molar-refractivity contribution in [2.24, 2.45) is 5.92 Å². The molecule has 17 heavy (non-hydrogen) atoms. The van der Waals surface area contributed by atoms with E-state index in [0.29, 0.717) is 18.3 Å². The van der Waals surface area contributed by atoms with Gasteiger partial charge in [0.15, 0.2) is 0 Å². The number of alkyl halides is 4. The fraction of sp³-hybridized carbons (Fsp3) is 1.00. The van der Waals surface area contributed by atoms with Crippen molar-refractivity contribution in [3.63, 3.8) is 0 Å². The van der Waals surface area contributed by atoms with Crippen LogP contribution in [0.1, 0.15) is 32.6 Å². The van der Waals surface area contributed by atoms with Crippen LogP contribution in [0, 0.1) is 5.92 Å². The highest BCUT2D eigenvalue weighted by molar-refractivity contribution is 8.00. The van der Waals surface area contributed by atoms with Crippen molar-refractivity contribution in [2.45, 2.75) is 43.7 Å². The SMILES string of the molecule is CC1CCC(CCl)(NCCSC(F)(F)F)CC1. The second-order valence-electron chi connectivity index (χ2n) is 4.82. The molecule has 1 nitrogen and oxygen atoms in total. The largest absolute Gasteiger partial charge is 0.441 e. The van der Waals surface area contributed by atoms with Crippen LogP contribution in [-0.2, 0) is 0 Å². The first kappa shape index (κ1) is 15.4. The zero-order valence-corrected chi connectivity index (χ0v) is 11.5. The third-order valence-corrected chi connectivity index (χ3v) is 4.60. The van der Waals surface area contributed by atoms with E-state index in [9.17, 15) is 13.2 Å². The number of hydrogen-bond donors (Lipinski definition) is 1. The van der Waals surface area contributed by atoms with E-state index >= 15 is 0 Å². The first-order valence-electron chi connectivity index (χ1n) is 5.89. The number of rotatable bonds is 5. The van der Waals surface area contributed by atoms with Crippen molar-refractivity contribution < 1.29 is 13.2 Å². The lowest BCUT2D eigenvalue weighted by Crippen LogP contribution is -2.50. The minimum atomic E-state index is -4.13. The van der Waals surface area contributed by atoms with Crippen LogP contribution in [0.2, 0.25) is 0 Å². The lowest BCUT2D eigenvalue weighted by molar-refractivity contribution is -0.0327. The smallest absolute Gasteiger partial charge is 0.309 e. The van der Waals surface area contributed by atoms with Crippen molar-refractivity contribution in [3.8, 4) is 0 Å². The summed E-state index contributed by atoms with van der Waals surface area (Å²) in [7, 11) is 0. The Morgan fingerprint density at radius 3 is 2.41 bits per heavy atom. The molecule has 1 aliphatic rings. The van der Waals surface area contributed by atoms with Crippen molar-refractivity contribution in [1.82, 2.24) is 5.32 Å². The van der Waals surface area contributed by atoms with E-state index in [2.05, 4.69) is 12.2 Å². The highest BCUT2D eigenvalue weighted by Gasteiger charge is 2.33. The van der Waals surface area contributed by atoms with Crippen LogP contribution in [0.4, 0.5) is 13.2 Å². The number of thioether (sulfide) groups is 1. The second kappa shape index (κ2) is 6.53. The van der Waals surface area contributed by atoms with Crippen LogP contribution in [-0.4, -0.2) is 29.2 Å². The van der Waals surface area contributed by atoms with Crippen LogP contribution in [0.3, 0.4) is 0 Å². The summed E-state index contributed by atoms with van der Waals surface area (Å²) in [4.78, 5) is 0. The maximum Gasteiger partial charge on any atom is 0.441 e.